The van der Waals surface area contributed by atoms with Crippen LogP contribution in [0.3, 0.4) is 0 Å². The van der Waals surface area contributed by atoms with Crippen molar-refractivity contribution in [1.29, 1.82) is 5.26 Å². The number of carbonyl (C=O) groups is 1. The maximum Gasteiger partial charge on any atom is 0.261 e. The molecule has 0 aliphatic heterocycles. The summed E-state index contributed by atoms with van der Waals surface area (Å²) in [5, 5.41) is 9.48. The summed E-state index contributed by atoms with van der Waals surface area (Å²) in [5.41, 5.74) is 5.59. The van der Waals surface area contributed by atoms with Gasteiger partial charge in [-0.3, -0.25) is 4.79 Å². The summed E-state index contributed by atoms with van der Waals surface area (Å²) < 4.78 is 5.47. The summed E-state index contributed by atoms with van der Waals surface area (Å²) in [7, 11) is 1.69. The maximum absolute atomic E-state index is 12.3. The number of rotatable bonds is 4. The number of amides is 1. The Balaban J connectivity index is 1.97. The van der Waals surface area contributed by atoms with Crippen LogP contribution in [0.4, 0.5) is 5.69 Å². The number of benzene rings is 1. The molecule has 112 valence electrons. The second-order valence-corrected chi connectivity index (χ2v) is 5.52. The standard InChI is InChI=1S/C16H21N3O2/c1-19(16(12-17)8-3-2-4-9-16)15(20)11-21-14-7-5-6-13(18)10-14/h5-7,10H,2-4,8-9,11,18H2,1H3. The van der Waals surface area contributed by atoms with Gasteiger partial charge in [-0.05, 0) is 25.0 Å². The smallest absolute Gasteiger partial charge is 0.261 e. The summed E-state index contributed by atoms with van der Waals surface area (Å²) in [4.78, 5) is 13.8. The monoisotopic (exact) mass is 287 g/mol. The predicted molar refractivity (Wildman–Crippen MR) is 80.5 cm³/mol. The molecule has 0 unspecified atom stereocenters. The second kappa shape index (κ2) is 6.49. The quantitative estimate of drug-likeness (QED) is 0.862. The van der Waals surface area contributed by atoms with Crippen molar-refractivity contribution in [2.45, 2.75) is 37.6 Å². The molecule has 1 amide bonds. The largest absolute Gasteiger partial charge is 0.484 e. The molecule has 0 aromatic heterocycles. The van der Waals surface area contributed by atoms with E-state index in [1.807, 2.05) is 0 Å². The van der Waals surface area contributed by atoms with E-state index in [-0.39, 0.29) is 12.5 Å². The van der Waals surface area contributed by atoms with Gasteiger partial charge in [0.2, 0.25) is 0 Å². The number of hydrogen-bond donors (Lipinski definition) is 1. The van der Waals surface area contributed by atoms with Gasteiger partial charge in [0.05, 0.1) is 6.07 Å². The fourth-order valence-corrected chi connectivity index (χ4v) is 2.74. The molecule has 5 nitrogen and oxygen atoms in total. The third-order valence-electron chi connectivity index (χ3n) is 4.13. The number of ether oxygens (including phenoxy) is 1. The molecular formula is C16H21N3O2. The van der Waals surface area contributed by atoms with Crippen molar-refractivity contribution in [2.24, 2.45) is 0 Å². The molecule has 2 rings (SSSR count). The summed E-state index contributed by atoms with van der Waals surface area (Å²) >= 11 is 0. The zero-order chi connectivity index (χ0) is 15.3. The summed E-state index contributed by atoms with van der Waals surface area (Å²) in [6.07, 6.45) is 4.59. The van der Waals surface area contributed by atoms with Crippen LogP contribution in [0.2, 0.25) is 0 Å². The summed E-state index contributed by atoms with van der Waals surface area (Å²) in [6, 6.07) is 9.30. The molecule has 1 fully saturated rings. The van der Waals surface area contributed by atoms with Gasteiger partial charge in [-0.25, -0.2) is 0 Å². The van der Waals surface area contributed by atoms with Crippen molar-refractivity contribution >= 4 is 11.6 Å². The van der Waals surface area contributed by atoms with E-state index >= 15 is 0 Å². The van der Waals surface area contributed by atoms with Crippen LogP contribution in [0.25, 0.3) is 0 Å². The average Bonchev–Trinajstić information content (AvgIpc) is 2.52. The van der Waals surface area contributed by atoms with Gasteiger partial charge >= 0.3 is 0 Å². The third kappa shape index (κ3) is 3.46. The lowest BCUT2D eigenvalue weighted by Crippen LogP contribution is -2.51. The highest BCUT2D eigenvalue weighted by molar-refractivity contribution is 5.79. The van der Waals surface area contributed by atoms with Crippen molar-refractivity contribution in [2.75, 3.05) is 19.4 Å². The lowest BCUT2D eigenvalue weighted by molar-refractivity contribution is -0.137. The zero-order valence-corrected chi connectivity index (χ0v) is 12.3. The van der Waals surface area contributed by atoms with Crippen molar-refractivity contribution < 1.29 is 9.53 Å². The molecule has 21 heavy (non-hydrogen) atoms. The van der Waals surface area contributed by atoms with E-state index in [1.54, 1.807) is 36.2 Å². The minimum atomic E-state index is -0.672. The van der Waals surface area contributed by atoms with E-state index in [2.05, 4.69) is 6.07 Å². The molecule has 0 bridgehead atoms. The average molecular weight is 287 g/mol. The Morgan fingerprint density at radius 3 is 2.76 bits per heavy atom. The highest BCUT2D eigenvalue weighted by Crippen LogP contribution is 2.32. The minimum Gasteiger partial charge on any atom is -0.484 e. The zero-order valence-electron chi connectivity index (χ0n) is 12.3. The molecule has 1 aromatic carbocycles. The van der Waals surface area contributed by atoms with Gasteiger partial charge in [0, 0.05) is 18.8 Å². The fraction of sp³-hybridized carbons (Fsp3) is 0.500. The SMILES string of the molecule is CN(C(=O)COc1cccc(N)c1)C1(C#N)CCCCC1. The molecule has 0 atom stereocenters. The normalized spacial score (nSPS) is 16.8. The highest BCUT2D eigenvalue weighted by atomic mass is 16.5. The Labute approximate surface area is 125 Å². The first-order chi connectivity index (χ1) is 10.1. The Morgan fingerprint density at radius 1 is 1.43 bits per heavy atom. The molecular weight excluding hydrogens is 266 g/mol. The van der Waals surface area contributed by atoms with Gasteiger partial charge < -0.3 is 15.4 Å². The first-order valence-electron chi connectivity index (χ1n) is 7.24. The van der Waals surface area contributed by atoms with Crippen LogP contribution >= 0.6 is 0 Å². The number of nitriles is 1. The van der Waals surface area contributed by atoms with Gasteiger partial charge in [-0.1, -0.05) is 25.3 Å². The van der Waals surface area contributed by atoms with Crippen LogP contribution in [0, 0.1) is 11.3 Å². The molecule has 0 saturated heterocycles. The van der Waals surface area contributed by atoms with Crippen molar-refractivity contribution in [3.05, 3.63) is 24.3 Å². The Morgan fingerprint density at radius 2 is 2.14 bits per heavy atom. The fourth-order valence-electron chi connectivity index (χ4n) is 2.74. The highest BCUT2D eigenvalue weighted by Gasteiger charge is 2.38. The lowest BCUT2D eigenvalue weighted by Gasteiger charge is -2.38. The lowest BCUT2D eigenvalue weighted by atomic mass is 9.81. The number of hydrogen-bond acceptors (Lipinski definition) is 4. The van der Waals surface area contributed by atoms with Crippen LogP contribution in [0.1, 0.15) is 32.1 Å². The Kier molecular flexibility index (Phi) is 4.69. The first-order valence-corrected chi connectivity index (χ1v) is 7.24. The van der Waals surface area contributed by atoms with Crippen LogP contribution in [-0.4, -0.2) is 30.0 Å². The van der Waals surface area contributed by atoms with Crippen LogP contribution in [0.5, 0.6) is 5.75 Å². The molecule has 1 saturated carbocycles. The molecule has 2 N–H and O–H groups in total. The Bertz CT molecular complexity index is 545. The second-order valence-electron chi connectivity index (χ2n) is 5.52. The van der Waals surface area contributed by atoms with Gasteiger partial charge in [-0.2, -0.15) is 5.26 Å². The molecule has 5 heteroatoms. The number of nitrogens with zero attached hydrogens (tertiary/aromatic N) is 2. The van der Waals surface area contributed by atoms with Gasteiger partial charge in [-0.15, -0.1) is 0 Å². The predicted octanol–water partition coefficient (Wildman–Crippen LogP) is 2.33. The molecule has 0 radical (unpaired) electrons. The topological polar surface area (TPSA) is 79.3 Å². The van der Waals surface area contributed by atoms with Gasteiger partial charge in [0.25, 0.3) is 5.91 Å². The van der Waals surface area contributed by atoms with E-state index in [1.165, 1.54) is 0 Å². The first kappa shape index (κ1) is 15.2. The molecule has 1 aliphatic carbocycles. The maximum atomic E-state index is 12.3. The van der Waals surface area contributed by atoms with E-state index in [0.717, 1.165) is 32.1 Å². The van der Waals surface area contributed by atoms with E-state index < -0.39 is 5.54 Å². The number of nitrogen functional groups attached to an aromatic ring is 1. The molecule has 0 heterocycles. The minimum absolute atomic E-state index is 0.0800. The van der Waals surface area contributed by atoms with Gasteiger partial charge in [0.1, 0.15) is 11.3 Å². The molecule has 0 spiro atoms. The van der Waals surface area contributed by atoms with Crippen molar-refractivity contribution in [1.82, 2.24) is 4.90 Å². The number of nitrogens with two attached hydrogens (primary N) is 1. The van der Waals surface area contributed by atoms with E-state index in [9.17, 15) is 10.1 Å². The Hall–Kier alpha value is -2.22. The summed E-state index contributed by atoms with van der Waals surface area (Å²) in [6.45, 7) is -0.0800. The van der Waals surface area contributed by atoms with Gasteiger partial charge in [0.15, 0.2) is 6.61 Å². The molecule has 1 aliphatic rings. The van der Waals surface area contributed by atoms with Crippen molar-refractivity contribution in [3.8, 4) is 11.8 Å². The van der Waals surface area contributed by atoms with E-state index in [4.69, 9.17) is 10.5 Å². The van der Waals surface area contributed by atoms with Crippen LogP contribution in [-0.2, 0) is 4.79 Å². The number of likely N-dealkylation sites (N-methyl/N-ethyl adjacent to an activating group) is 1. The number of carbonyl (C=O) groups excluding carboxylic acids is 1. The van der Waals surface area contributed by atoms with Crippen LogP contribution < -0.4 is 10.5 Å². The number of anilines is 1. The molecule has 1 aromatic rings. The summed E-state index contributed by atoms with van der Waals surface area (Å²) in [5.74, 6) is 0.382. The van der Waals surface area contributed by atoms with E-state index in [0.29, 0.717) is 11.4 Å². The van der Waals surface area contributed by atoms with Crippen LogP contribution in [0.15, 0.2) is 24.3 Å². The van der Waals surface area contributed by atoms with Crippen molar-refractivity contribution in [3.63, 3.8) is 0 Å². The third-order valence-corrected chi connectivity index (χ3v) is 4.13.